The maximum Gasteiger partial charge on any atom is 0.221 e. The van der Waals surface area contributed by atoms with E-state index in [0.29, 0.717) is 0 Å². The van der Waals surface area contributed by atoms with E-state index in [1.807, 2.05) is 0 Å². The molecule has 0 heterocycles. The number of amides is 1. The Labute approximate surface area is 74.5 Å². The number of carbonyl (C=O) groups is 1. The summed E-state index contributed by atoms with van der Waals surface area (Å²) < 4.78 is 49.9. The Bertz CT molecular complexity index is 482. The summed E-state index contributed by atoms with van der Waals surface area (Å²) in [6.07, 6.45) is 0. The number of anilines is 1. The molecule has 3 nitrogen and oxygen atoms in total. The Morgan fingerprint density at radius 3 is 2.82 bits per heavy atom. The molecule has 0 saturated heterocycles. The van der Waals surface area contributed by atoms with E-state index in [1.54, 1.807) is 5.32 Å². The van der Waals surface area contributed by atoms with Crippen LogP contribution >= 0.6 is 0 Å². The van der Waals surface area contributed by atoms with Crippen LogP contribution in [0.15, 0.2) is 24.2 Å². The van der Waals surface area contributed by atoms with Crippen LogP contribution in [0.1, 0.15) is 16.4 Å². The number of phenols is 1. The predicted molar refractivity (Wildman–Crippen MR) is 42.4 cm³/mol. The molecule has 0 spiro atoms. The minimum Gasteiger partial charge on any atom is -0.508 e. The highest BCUT2D eigenvalue weighted by Crippen LogP contribution is 2.13. The van der Waals surface area contributed by atoms with Crippen LogP contribution in [0.2, 0.25) is 0 Å². The minimum absolute atomic E-state index is 0.580. The molecule has 0 saturated carbocycles. The molecule has 0 bridgehead atoms. The average Bonchev–Trinajstić information content (AvgIpc) is 2.28. The van der Waals surface area contributed by atoms with Gasteiger partial charge in [-0.25, -0.2) is 0 Å². The van der Waals surface area contributed by atoms with Crippen molar-refractivity contribution in [3.63, 3.8) is 0 Å². The first-order valence-corrected chi connectivity index (χ1v) is 2.68. The Kier molecular flexibility index (Phi) is 0.698. The van der Waals surface area contributed by atoms with Gasteiger partial charge >= 0.3 is 0 Å². The fourth-order valence-electron chi connectivity index (χ4n) is 0.482. The fraction of sp³-hybridized carbons (Fsp3) is 0.125. The third-order valence-corrected chi connectivity index (χ3v) is 0.850. The molecule has 0 aromatic heterocycles. The van der Waals surface area contributed by atoms with Crippen LogP contribution in [0.5, 0.6) is 5.75 Å². The summed E-state index contributed by atoms with van der Waals surface area (Å²) in [5.41, 5.74) is -0.580. The summed E-state index contributed by atoms with van der Waals surface area (Å²) in [5.74, 6) is -2.29. The third-order valence-electron chi connectivity index (χ3n) is 0.850. The molecule has 3 heteroatoms. The highest BCUT2D eigenvalue weighted by Gasteiger charge is 1.93. The molecule has 1 aromatic rings. The number of carbonyl (C=O) groups excluding carboxylic acids is 1. The van der Waals surface area contributed by atoms with Gasteiger partial charge in [-0.05, 0) is 24.2 Å². The smallest absolute Gasteiger partial charge is 0.221 e. The van der Waals surface area contributed by atoms with E-state index in [2.05, 4.69) is 0 Å². The van der Waals surface area contributed by atoms with Crippen LogP contribution in [0.3, 0.4) is 0 Å². The molecule has 0 atom stereocenters. The van der Waals surface area contributed by atoms with Gasteiger partial charge in [0.2, 0.25) is 5.91 Å². The molecule has 0 aliphatic rings. The normalized spacial score (nSPS) is 19.5. The molecule has 1 aromatic carbocycles. The highest BCUT2D eigenvalue weighted by atomic mass is 16.3. The Morgan fingerprint density at radius 1 is 1.64 bits per heavy atom. The van der Waals surface area contributed by atoms with E-state index >= 15 is 0 Å². The Hall–Kier alpha value is -1.51. The number of aromatic hydroxyl groups is 1. The van der Waals surface area contributed by atoms with Gasteiger partial charge in [0, 0.05) is 16.7 Å². The standard InChI is InChI=1S/C8H9NO2/c1-6(10)9-7-2-4-8(11)5-3-7/h2-5,11H,1H3,(H,9,10)/i1D3,2D,3D,4D,5D. The second kappa shape index (κ2) is 3.05. The molecule has 0 unspecified atom stereocenters. The van der Waals surface area contributed by atoms with Crippen LogP contribution in [-0.4, -0.2) is 11.0 Å². The summed E-state index contributed by atoms with van der Waals surface area (Å²) in [5, 5.41) is 11.0. The van der Waals surface area contributed by atoms with Crippen molar-refractivity contribution in [1.82, 2.24) is 0 Å². The van der Waals surface area contributed by atoms with E-state index in [1.165, 1.54) is 0 Å². The lowest BCUT2D eigenvalue weighted by Crippen LogP contribution is -2.04. The van der Waals surface area contributed by atoms with E-state index < -0.39 is 48.4 Å². The van der Waals surface area contributed by atoms with Crippen LogP contribution in [0.4, 0.5) is 5.69 Å². The van der Waals surface area contributed by atoms with Crippen LogP contribution in [0, 0.1) is 0 Å². The van der Waals surface area contributed by atoms with Crippen LogP contribution in [0.25, 0.3) is 0 Å². The first-order chi connectivity index (χ1) is 8.07. The maximum absolute atomic E-state index is 11.2. The van der Waals surface area contributed by atoms with Gasteiger partial charge in [-0.2, -0.15) is 0 Å². The summed E-state index contributed by atoms with van der Waals surface area (Å²) in [6.45, 7) is -2.97. The van der Waals surface area contributed by atoms with Gasteiger partial charge in [0.15, 0.2) is 0 Å². The Balaban J connectivity index is 3.31. The molecule has 1 rings (SSSR count). The van der Waals surface area contributed by atoms with Crippen LogP contribution < -0.4 is 5.32 Å². The molecule has 0 fully saturated rings. The summed E-state index contributed by atoms with van der Waals surface area (Å²) in [7, 11) is 0. The van der Waals surface area contributed by atoms with Crippen molar-refractivity contribution < 1.29 is 19.5 Å². The number of benzene rings is 1. The molecule has 11 heavy (non-hydrogen) atoms. The number of hydrogen-bond donors (Lipinski definition) is 2. The predicted octanol–water partition coefficient (Wildman–Crippen LogP) is 1.35. The maximum atomic E-state index is 11.2. The summed E-state index contributed by atoms with van der Waals surface area (Å²) >= 11 is 0. The first-order valence-electron chi connectivity index (χ1n) is 6.18. The fourth-order valence-corrected chi connectivity index (χ4v) is 0.482. The van der Waals surface area contributed by atoms with E-state index in [-0.39, 0.29) is 0 Å². The summed E-state index contributed by atoms with van der Waals surface area (Å²) in [4.78, 5) is 11.2. The molecule has 2 N–H and O–H groups in total. The van der Waals surface area contributed by atoms with E-state index in [4.69, 9.17) is 9.60 Å². The number of phenolic OH excluding ortho intramolecular Hbond substituents is 1. The summed E-state index contributed by atoms with van der Waals surface area (Å²) in [6, 6.07) is -2.94. The highest BCUT2D eigenvalue weighted by molar-refractivity contribution is 5.88. The van der Waals surface area contributed by atoms with Crippen molar-refractivity contribution in [1.29, 1.82) is 0 Å². The monoisotopic (exact) mass is 158 g/mol. The van der Waals surface area contributed by atoms with Gasteiger partial charge in [0.25, 0.3) is 0 Å². The third kappa shape index (κ3) is 2.29. The lowest BCUT2D eigenvalue weighted by atomic mass is 10.3. The van der Waals surface area contributed by atoms with Gasteiger partial charge in [-0.1, -0.05) is 0 Å². The van der Waals surface area contributed by atoms with Crippen molar-refractivity contribution in [2.75, 3.05) is 5.32 Å². The van der Waals surface area contributed by atoms with Gasteiger partial charge < -0.3 is 10.4 Å². The van der Waals surface area contributed by atoms with Crippen molar-refractivity contribution >= 4 is 11.6 Å². The van der Waals surface area contributed by atoms with Gasteiger partial charge in [0.05, 0.1) is 5.48 Å². The zero-order valence-corrected chi connectivity index (χ0v) is 5.36. The van der Waals surface area contributed by atoms with E-state index in [9.17, 15) is 9.90 Å². The Morgan fingerprint density at radius 2 is 2.27 bits per heavy atom. The second-order valence-corrected chi connectivity index (χ2v) is 1.68. The van der Waals surface area contributed by atoms with Gasteiger partial charge in [0.1, 0.15) is 5.75 Å². The lowest BCUT2D eigenvalue weighted by molar-refractivity contribution is -0.114. The van der Waals surface area contributed by atoms with E-state index in [0.717, 1.165) is 0 Å². The zero-order valence-electron chi connectivity index (χ0n) is 12.4. The lowest BCUT2D eigenvalue weighted by Gasteiger charge is -1.99. The molecule has 1 amide bonds. The number of rotatable bonds is 1. The molecular weight excluding hydrogens is 142 g/mol. The molecule has 0 aliphatic carbocycles. The minimum atomic E-state index is -2.97. The molecule has 0 radical (unpaired) electrons. The first kappa shape index (κ1) is 2.52. The largest absolute Gasteiger partial charge is 0.508 e. The molecular formula is C8H9NO2. The van der Waals surface area contributed by atoms with Crippen molar-refractivity contribution in [2.24, 2.45) is 0 Å². The van der Waals surface area contributed by atoms with Gasteiger partial charge in [-0.15, -0.1) is 0 Å². The molecule has 58 valence electrons. The van der Waals surface area contributed by atoms with Crippen molar-refractivity contribution in [3.8, 4) is 5.75 Å². The SMILES string of the molecule is [2H]c1c([2H])c(NC(=O)C([2H])([2H])[2H])c([2H])c([2H])c1O. The number of nitrogens with one attached hydrogen (secondary N) is 1. The quantitative estimate of drug-likeness (QED) is 0.606. The van der Waals surface area contributed by atoms with Crippen molar-refractivity contribution in [2.45, 2.75) is 6.85 Å². The molecule has 0 aliphatic heterocycles. The topological polar surface area (TPSA) is 49.3 Å². The van der Waals surface area contributed by atoms with Crippen molar-refractivity contribution in [3.05, 3.63) is 24.2 Å². The van der Waals surface area contributed by atoms with Crippen LogP contribution in [-0.2, 0) is 4.79 Å². The average molecular weight is 158 g/mol. The second-order valence-electron chi connectivity index (χ2n) is 1.68. The van der Waals surface area contributed by atoms with Gasteiger partial charge in [-0.3, -0.25) is 4.79 Å². The zero-order chi connectivity index (χ0) is 14.2. The number of hydrogen-bond acceptors (Lipinski definition) is 2.